The van der Waals surface area contributed by atoms with Gasteiger partial charge in [0, 0.05) is 23.0 Å². The van der Waals surface area contributed by atoms with Crippen molar-refractivity contribution < 1.29 is 9.18 Å². The standard InChI is InChI=1S/C20H22ClFN2O/c1-13(19(23)20(25)24-11-10-16(22)12-24)14-6-8-15(9-7-14)17-4-2-3-5-18(17)21/h2-9,13,16,19H,10-12,23H2,1H3/t13-,16-,19-/m0/s1. The highest BCUT2D eigenvalue weighted by atomic mass is 35.5. The minimum absolute atomic E-state index is 0.147. The van der Waals surface area contributed by atoms with E-state index in [9.17, 15) is 9.18 Å². The molecule has 1 aliphatic heterocycles. The van der Waals surface area contributed by atoms with E-state index < -0.39 is 12.2 Å². The summed E-state index contributed by atoms with van der Waals surface area (Å²) in [5.74, 6) is -0.325. The van der Waals surface area contributed by atoms with Crippen LogP contribution >= 0.6 is 11.6 Å². The average molecular weight is 361 g/mol. The van der Waals surface area contributed by atoms with Crippen LogP contribution in [0.4, 0.5) is 4.39 Å². The molecular weight excluding hydrogens is 339 g/mol. The van der Waals surface area contributed by atoms with Gasteiger partial charge in [-0.2, -0.15) is 0 Å². The van der Waals surface area contributed by atoms with Gasteiger partial charge in [-0.1, -0.05) is 61.0 Å². The van der Waals surface area contributed by atoms with E-state index in [-0.39, 0.29) is 18.4 Å². The molecule has 0 radical (unpaired) electrons. The molecule has 2 aromatic carbocycles. The Hall–Kier alpha value is -1.91. The number of rotatable bonds is 4. The molecule has 0 saturated carbocycles. The maximum Gasteiger partial charge on any atom is 0.240 e. The Balaban J connectivity index is 1.73. The molecule has 1 amide bonds. The van der Waals surface area contributed by atoms with Gasteiger partial charge in [-0.15, -0.1) is 0 Å². The Morgan fingerprint density at radius 1 is 1.24 bits per heavy atom. The Labute approximate surface area is 152 Å². The van der Waals surface area contributed by atoms with Gasteiger partial charge in [-0.3, -0.25) is 4.79 Å². The zero-order chi connectivity index (χ0) is 18.0. The lowest BCUT2D eigenvalue weighted by atomic mass is 9.91. The van der Waals surface area contributed by atoms with E-state index in [0.717, 1.165) is 16.7 Å². The van der Waals surface area contributed by atoms with Crippen molar-refractivity contribution in [1.82, 2.24) is 4.90 Å². The number of carbonyl (C=O) groups excluding carboxylic acids is 1. The molecule has 1 saturated heterocycles. The van der Waals surface area contributed by atoms with Crippen LogP contribution in [0.2, 0.25) is 5.02 Å². The highest BCUT2D eigenvalue weighted by Crippen LogP contribution is 2.29. The predicted octanol–water partition coefficient (Wildman–Crippen LogP) is 4.01. The van der Waals surface area contributed by atoms with Crippen molar-refractivity contribution in [2.45, 2.75) is 31.5 Å². The highest BCUT2D eigenvalue weighted by Gasteiger charge is 2.32. The molecule has 0 unspecified atom stereocenters. The number of likely N-dealkylation sites (tertiary alicyclic amines) is 1. The van der Waals surface area contributed by atoms with Crippen LogP contribution in [0.5, 0.6) is 0 Å². The van der Waals surface area contributed by atoms with E-state index in [1.165, 1.54) is 4.90 Å². The van der Waals surface area contributed by atoms with Crippen molar-refractivity contribution in [3.8, 4) is 11.1 Å². The SMILES string of the molecule is C[C@@H](c1ccc(-c2ccccc2Cl)cc1)[C@H](N)C(=O)N1CC[C@H](F)C1. The van der Waals surface area contributed by atoms with Gasteiger partial charge >= 0.3 is 0 Å². The summed E-state index contributed by atoms with van der Waals surface area (Å²) in [5.41, 5.74) is 9.12. The van der Waals surface area contributed by atoms with E-state index in [1.54, 1.807) is 0 Å². The summed E-state index contributed by atoms with van der Waals surface area (Å²) in [6, 6.07) is 14.9. The molecule has 1 heterocycles. The summed E-state index contributed by atoms with van der Waals surface area (Å²) in [5, 5.41) is 0.699. The highest BCUT2D eigenvalue weighted by molar-refractivity contribution is 6.33. The Bertz CT molecular complexity index is 750. The van der Waals surface area contributed by atoms with Crippen LogP contribution in [-0.2, 0) is 4.79 Å². The molecule has 0 spiro atoms. The zero-order valence-electron chi connectivity index (χ0n) is 14.2. The van der Waals surface area contributed by atoms with Crippen LogP contribution in [0.1, 0.15) is 24.8 Å². The minimum atomic E-state index is -0.929. The van der Waals surface area contributed by atoms with E-state index in [4.69, 9.17) is 17.3 Å². The number of amides is 1. The van der Waals surface area contributed by atoms with E-state index >= 15 is 0 Å². The largest absolute Gasteiger partial charge is 0.338 e. The lowest BCUT2D eigenvalue weighted by Gasteiger charge is -2.25. The number of alkyl halides is 1. The van der Waals surface area contributed by atoms with Gasteiger partial charge in [-0.25, -0.2) is 4.39 Å². The zero-order valence-corrected chi connectivity index (χ0v) is 14.9. The molecule has 0 bridgehead atoms. The van der Waals surface area contributed by atoms with Crippen molar-refractivity contribution >= 4 is 17.5 Å². The Morgan fingerprint density at radius 3 is 2.52 bits per heavy atom. The van der Waals surface area contributed by atoms with Gasteiger partial charge in [0.2, 0.25) is 5.91 Å². The lowest BCUT2D eigenvalue weighted by Crippen LogP contribution is -2.45. The summed E-state index contributed by atoms with van der Waals surface area (Å²) in [7, 11) is 0. The number of halogens is 2. The summed E-state index contributed by atoms with van der Waals surface area (Å²) < 4.78 is 13.3. The molecule has 1 fully saturated rings. The van der Waals surface area contributed by atoms with Crippen LogP contribution in [0.3, 0.4) is 0 Å². The molecule has 3 atom stereocenters. The smallest absolute Gasteiger partial charge is 0.240 e. The average Bonchev–Trinajstić information content (AvgIpc) is 3.07. The van der Waals surface area contributed by atoms with E-state index in [1.807, 2.05) is 55.5 Å². The second-order valence-corrected chi connectivity index (χ2v) is 6.99. The van der Waals surface area contributed by atoms with Crippen LogP contribution in [0.15, 0.2) is 48.5 Å². The third-order valence-corrected chi connectivity index (χ3v) is 5.22. The molecule has 0 aliphatic carbocycles. The number of benzene rings is 2. The van der Waals surface area contributed by atoms with Gasteiger partial charge in [0.05, 0.1) is 12.6 Å². The molecule has 132 valence electrons. The van der Waals surface area contributed by atoms with Crippen LogP contribution in [-0.4, -0.2) is 36.1 Å². The fraction of sp³-hybridized carbons (Fsp3) is 0.350. The molecule has 3 nitrogen and oxygen atoms in total. The number of hydrogen-bond acceptors (Lipinski definition) is 2. The first-order valence-corrected chi connectivity index (χ1v) is 8.88. The second kappa shape index (κ2) is 7.54. The fourth-order valence-corrected chi connectivity index (χ4v) is 3.46. The first kappa shape index (κ1) is 17.9. The second-order valence-electron chi connectivity index (χ2n) is 6.59. The summed E-state index contributed by atoms with van der Waals surface area (Å²) in [6.07, 6.45) is -0.527. The Kier molecular flexibility index (Phi) is 5.40. The van der Waals surface area contributed by atoms with Crippen molar-refractivity contribution in [3.63, 3.8) is 0 Å². The molecule has 3 rings (SSSR count). The third-order valence-electron chi connectivity index (χ3n) is 4.89. The quantitative estimate of drug-likeness (QED) is 0.895. The van der Waals surface area contributed by atoms with Crippen LogP contribution in [0.25, 0.3) is 11.1 Å². The van der Waals surface area contributed by atoms with Crippen molar-refractivity contribution in [3.05, 3.63) is 59.1 Å². The van der Waals surface area contributed by atoms with Crippen molar-refractivity contribution in [2.24, 2.45) is 5.73 Å². The summed E-state index contributed by atoms with van der Waals surface area (Å²) in [6.45, 7) is 2.53. The van der Waals surface area contributed by atoms with Crippen molar-refractivity contribution in [2.75, 3.05) is 13.1 Å². The summed E-state index contributed by atoms with van der Waals surface area (Å²) >= 11 is 6.24. The third kappa shape index (κ3) is 3.86. The summed E-state index contributed by atoms with van der Waals surface area (Å²) in [4.78, 5) is 14.0. The first-order valence-electron chi connectivity index (χ1n) is 8.50. The first-order chi connectivity index (χ1) is 12.0. The molecule has 25 heavy (non-hydrogen) atoms. The normalized spacial score (nSPS) is 19.7. The molecule has 0 aromatic heterocycles. The molecule has 2 aromatic rings. The van der Waals surface area contributed by atoms with Gasteiger partial charge < -0.3 is 10.6 Å². The molecule has 5 heteroatoms. The van der Waals surface area contributed by atoms with Gasteiger partial charge in [0.25, 0.3) is 0 Å². The minimum Gasteiger partial charge on any atom is -0.338 e. The number of carbonyl (C=O) groups is 1. The van der Waals surface area contributed by atoms with Crippen molar-refractivity contribution in [1.29, 1.82) is 0 Å². The maximum atomic E-state index is 13.3. The number of hydrogen-bond donors (Lipinski definition) is 1. The lowest BCUT2D eigenvalue weighted by molar-refractivity contribution is -0.132. The number of nitrogens with two attached hydrogens (primary N) is 1. The van der Waals surface area contributed by atoms with Crippen LogP contribution < -0.4 is 5.73 Å². The van der Waals surface area contributed by atoms with Crippen LogP contribution in [0, 0.1) is 0 Å². The number of nitrogens with zero attached hydrogens (tertiary/aromatic N) is 1. The predicted molar refractivity (Wildman–Crippen MR) is 99.4 cm³/mol. The topological polar surface area (TPSA) is 46.3 Å². The fourth-order valence-electron chi connectivity index (χ4n) is 3.21. The maximum absolute atomic E-state index is 13.3. The Morgan fingerprint density at radius 2 is 1.92 bits per heavy atom. The van der Waals surface area contributed by atoms with Gasteiger partial charge in [0.15, 0.2) is 0 Å². The van der Waals surface area contributed by atoms with Gasteiger partial charge in [-0.05, 0) is 23.6 Å². The van der Waals surface area contributed by atoms with E-state index in [0.29, 0.717) is 18.0 Å². The molecule has 1 aliphatic rings. The molecule has 2 N–H and O–H groups in total. The van der Waals surface area contributed by atoms with E-state index in [2.05, 4.69) is 0 Å². The van der Waals surface area contributed by atoms with Gasteiger partial charge in [0.1, 0.15) is 6.17 Å². The monoisotopic (exact) mass is 360 g/mol. The molecular formula is C20H22ClFN2O.